The molecule has 0 radical (unpaired) electrons. The van der Waals surface area contributed by atoms with Gasteiger partial charge in [-0.05, 0) is 31.0 Å². The number of hydrogen-bond acceptors (Lipinski definition) is 3. The number of rotatable bonds is 7. The van der Waals surface area contributed by atoms with Crippen molar-refractivity contribution < 1.29 is 4.74 Å². The average Bonchev–Trinajstić information content (AvgIpc) is 2.94. The van der Waals surface area contributed by atoms with Crippen molar-refractivity contribution in [2.75, 3.05) is 13.2 Å². The van der Waals surface area contributed by atoms with E-state index in [1.54, 1.807) is 6.20 Å². The fourth-order valence-electron chi connectivity index (χ4n) is 1.98. The molecule has 0 saturated heterocycles. The maximum Gasteiger partial charge on any atom is 0.0649 e. The zero-order valence-corrected chi connectivity index (χ0v) is 11.3. The molecule has 0 bridgehead atoms. The van der Waals surface area contributed by atoms with Crippen molar-refractivity contribution in [1.29, 1.82) is 0 Å². The van der Waals surface area contributed by atoms with E-state index in [2.05, 4.69) is 12.0 Å². The second-order valence-electron chi connectivity index (χ2n) is 4.51. The third-order valence-electron chi connectivity index (χ3n) is 2.97. The first-order valence-electron chi connectivity index (χ1n) is 6.75. The van der Waals surface area contributed by atoms with Crippen molar-refractivity contribution in [3.8, 4) is 5.69 Å². The van der Waals surface area contributed by atoms with Crippen molar-refractivity contribution in [2.45, 2.75) is 25.8 Å². The fourth-order valence-corrected chi connectivity index (χ4v) is 1.98. The Hall–Kier alpha value is -1.65. The lowest BCUT2D eigenvalue weighted by molar-refractivity contribution is 0.127. The van der Waals surface area contributed by atoms with Crippen LogP contribution in [-0.2, 0) is 4.74 Å². The van der Waals surface area contributed by atoms with Gasteiger partial charge in [-0.15, -0.1) is 0 Å². The number of para-hydroxylation sites is 1. The van der Waals surface area contributed by atoms with Gasteiger partial charge in [0.25, 0.3) is 0 Å². The lowest BCUT2D eigenvalue weighted by atomic mass is 10.1. The molecule has 4 nitrogen and oxygen atoms in total. The van der Waals surface area contributed by atoms with Gasteiger partial charge in [0.1, 0.15) is 0 Å². The number of benzene rings is 1. The van der Waals surface area contributed by atoms with Gasteiger partial charge in [0.15, 0.2) is 0 Å². The van der Waals surface area contributed by atoms with Crippen LogP contribution >= 0.6 is 0 Å². The highest BCUT2D eigenvalue weighted by Crippen LogP contribution is 2.17. The standard InChI is InChI=1S/C15H21N3O/c1-2-11-19-12-9-14(16)15-8-10-17-18(15)13-6-4-3-5-7-13/h3-8,10,14H,2,9,11-12,16H2,1H3. The summed E-state index contributed by atoms with van der Waals surface area (Å²) in [4.78, 5) is 0. The average molecular weight is 259 g/mol. The highest BCUT2D eigenvalue weighted by molar-refractivity contribution is 5.33. The number of hydrogen-bond donors (Lipinski definition) is 1. The Kier molecular flexibility index (Phi) is 5.12. The summed E-state index contributed by atoms with van der Waals surface area (Å²) < 4.78 is 7.38. The van der Waals surface area contributed by atoms with Gasteiger partial charge in [0.05, 0.1) is 11.4 Å². The number of aromatic nitrogens is 2. The van der Waals surface area contributed by atoms with Gasteiger partial charge in [-0.25, -0.2) is 4.68 Å². The van der Waals surface area contributed by atoms with Gasteiger partial charge >= 0.3 is 0 Å². The van der Waals surface area contributed by atoms with E-state index in [-0.39, 0.29) is 6.04 Å². The molecule has 1 unspecified atom stereocenters. The van der Waals surface area contributed by atoms with E-state index in [9.17, 15) is 0 Å². The number of ether oxygens (including phenoxy) is 1. The molecule has 0 fully saturated rings. The summed E-state index contributed by atoms with van der Waals surface area (Å²) in [5.74, 6) is 0. The summed E-state index contributed by atoms with van der Waals surface area (Å²) in [6.07, 6.45) is 3.63. The molecule has 2 rings (SSSR count). The Morgan fingerprint density at radius 3 is 2.74 bits per heavy atom. The maximum absolute atomic E-state index is 6.22. The minimum absolute atomic E-state index is 0.0560. The van der Waals surface area contributed by atoms with Crippen molar-refractivity contribution in [3.05, 3.63) is 48.3 Å². The molecule has 0 aliphatic heterocycles. The van der Waals surface area contributed by atoms with Gasteiger partial charge < -0.3 is 10.5 Å². The van der Waals surface area contributed by atoms with Crippen LogP contribution in [0.25, 0.3) is 5.69 Å². The second-order valence-corrected chi connectivity index (χ2v) is 4.51. The van der Waals surface area contributed by atoms with E-state index in [1.807, 2.05) is 41.1 Å². The van der Waals surface area contributed by atoms with Crippen LogP contribution in [0.5, 0.6) is 0 Å². The summed E-state index contributed by atoms with van der Waals surface area (Å²) in [5, 5.41) is 4.35. The van der Waals surface area contributed by atoms with Gasteiger partial charge in [-0.3, -0.25) is 0 Å². The summed E-state index contributed by atoms with van der Waals surface area (Å²) in [7, 11) is 0. The quantitative estimate of drug-likeness (QED) is 0.778. The van der Waals surface area contributed by atoms with E-state index in [0.717, 1.165) is 30.8 Å². The Morgan fingerprint density at radius 1 is 1.21 bits per heavy atom. The number of nitrogens with two attached hydrogens (primary N) is 1. The van der Waals surface area contributed by atoms with Crippen LogP contribution in [-0.4, -0.2) is 23.0 Å². The molecule has 0 spiro atoms. The fraction of sp³-hybridized carbons (Fsp3) is 0.400. The molecule has 0 aliphatic carbocycles. The van der Waals surface area contributed by atoms with E-state index < -0.39 is 0 Å². The summed E-state index contributed by atoms with van der Waals surface area (Å²) in [6, 6.07) is 11.9. The van der Waals surface area contributed by atoms with Gasteiger partial charge in [-0.2, -0.15) is 5.10 Å². The van der Waals surface area contributed by atoms with Crippen molar-refractivity contribution in [2.24, 2.45) is 5.73 Å². The van der Waals surface area contributed by atoms with Crippen LogP contribution in [0.4, 0.5) is 0 Å². The molecule has 1 aromatic heterocycles. The Labute approximate surface area is 114 Å². The van der Waals surface area contributed by atoms with Crippen LogP contribution in [0, 0.1) is 0 Å². The van der Waals surface area contributed by atoms with E-state index in [1.165, 1.54) is 0 Å². The second kappa shape index (κ2) is 7.07. The van der Waals surface area contributed by atoms with E-state index >= 15 is 0 Å². The normalized spacial score (nSPS) is 12.5. The number of nitrogens with zero attached hydrogens (tertiary/aromatic N) is 2. The van der Waals surface area contributed by atoms with Crippen LogP contribution in [0.15, 0.2) is 42.6 Å². The van der Waals surface area contributed by atoms with Crippen LogP contribution in [0.2, 0.25) is 0 Å². The third kappa shape index (κ3) is 3.66. The molecule has 0 aliphatic rings. The first-order chi connectivity index (χ1) is 9.33. The van der Waals surface area contributed by atoms with E-state index in [0.29, 0.717) is 6.61 Å². The van der Waals surface area contributed by atoms with Gasteiger partial charge in [-0.1, -0.05) is 25.1 Å². The molecule has 2 N–H and O–H groups in total. The highest BCUT2D eigenvalue weighted by Gasteiger charge is 2.12. The van der Waals surface area contributed by atoms with Crippen molar-refractivity contribution >= 4 is 0 Å². The zero-order valence-electron chi connectivity index (χ0n) is 11.3. The first kappa shape index (κ1) is 13.8. The van der Waals surface area contributed by atoms with Crippen LogP contribution < -0.4 is 5.73 Å². The Bertz CT molecular complexity index is 481. The first-order valence-corrected chi connectivity index (χ1v) is 6.75. The van der Waals surface area contributed by atoms with E-state index in [4.69, 9.17) is 10.5 Å². The maximum atomic E-state index is 6.22. The minimum Gasteiger partial charge on any atom is -0.381 e. The molecule has 0 amide bonds. The SMILES string of the molecule is CCCOCCC(N)c1ccnn1-c1ccccc1. The smallest absolute Gasteiger partial charge is 0.0649 e. The van der Waals surface area contributed by atoms with Crippen LogP contribution in [0.3, 0.4) is 0 Å². The zero-order chi connectivity index (χ0) is 13.5. The largest absolute Gasteiger partial charge is 0.381 e. The highest BCUT2D eigenvalue weighted by atomic mass is 16.5. The molecule has 1 aromatic carbocycles. The molecule has 4 heteroatoms. The Morgan fingerprint density at radius 2 is 2.00 bits per heavy atom. The van der Waals surface area contributed by atoms with Gasteiger partial charge in [0.2, 0.25) is 0 Å². The Balaban J connectivity index is 2.03. The molecule has 2 aromatic rings. The summed E-state index contributed by atoms with van der Waals surface area (Å²) in [6.45, 7) is 3.59. The lowest BCUT2D eigenvalue weighted by Gasteiger charge is -2.14. The predicted molar refractivity (Wildman–Crippen MR) is 76.2 cm³/mol. The topological polar surface area (TPSA) is 53.1 Å². The van der Waals surface area contributed by atoms with Crippen LogP contribution in [0.1, 0.15) is 31.5 Å². The molecule has 1 atom stereocenters. The van der Waals surface area contributed by atoms with Gasteiger partial charge in [0, 0.05) is 25.5 Å². The third-order valence-corrected chi connectivity index (χ3v) is 2.97. The van der Waals surface area contributed by atoms with Crippen molar-refractivity contribution in [1.82, 2.24) is 9.78 Å². The molecule has 0 saturated carbocycles. The summed E-state index contributed by atoms with van der Waals surface area (Å²) >= 11 is 0. The minimum atomic E-state index is -0.0560. The van der Waals surface area contributed by atoms with Crippen molar-refractivity contribution in [3.63, 3.8) is 0 Å². The molecule has 1 heterocycles. The molecule has 19 heavy (non-hydrogen) atoms. The molecular weight excluding hydrogens is 238 g/mol. The summed E-state index contributed by atoms with van der Waals surface area (Å²) in [5.41, 5.74) is 8.27. The predicted octanol–water partition coefficient (Wildman–Crippen LogP) is 2.69. The molecular formula is C15H21N3O. The monoisotopic (exact) mass is 259 g/mol. The lowest BCUT2D eigenvalue weighted by Crippen LogP contribution is -2.17. The molecule has 102 valence electrons.